The molecule has 3 N–H and O–H groups in total. The van der Waals surface area contributed by atoms with E-state index in [2.05, 4.69) is 15.5 Å². The van der Waals surface area contributed by atoms with E-state index in [4.69, 9.17) is 5.73 Å². The molecular formula is C13H14N4O. The molecule has 1 heterocycles. The summed E-state index contributed by atoms with van der Waals surface area (Å²) in [6.45, 7) is 2.23. The van der Waals surface area contributed by atoms with Crippen molar-refractivity contribution < 1.29 is 4.79 Å². The number of nitrogen functional groups attached to an aromatic ring is 1. The highest BCUT2D eigenvalue weighted by atomic mass is 16.1. The van der Waals surface area contributed by atoms with Crippen LogP contribution in [0.25, 0.3) is 0 Å². The highest BCUT2D eigenvalue weighted by Gasteiger charge is 2.06. The van der Waals surface area contributed by atoms with Crippen LogP contribution in [0.15, 0.2) is 36.5 Å². The fourth-order valence-corrected chi connectivity index (χ4v) is 1.52. The Hall–Kier alpha value is -2.43. The Morgan fingerprint density at radius 2 is 2.22 bits per heavy atom. The van der Waals surface area contributed by atoms with Crippen LogP contribution in [0, 0.1) is 6.92 Å². The maximum atomic E-state index is 11.9. The monoisotopic (exact) mass is 242 g/mol. The van der Waals surface area contributed by atoms with Crippen LogP contribution in [0.5, 0.6) is 0 Å². The Kier molecular flexibility index (Phi) is 3.52. The van der Waals surface area contributed by atoms with Crippen LogP contribution in [-0.2, 0) is 6.54 Å². The molecule has 5 heteroatoms. The van der Waals surface area contributed by atoms with E-state index in [9.17, 15) is 4.79 Å². The maximum absolute atomic E-state index is 11.9. The zero-order valence-corrected chi connectivity index (χ0v) is 10.1. The van der Waals surface area contributed by atoms with Gasteiger partial charge in [0.05, 0.1) is 12.2 Å². The molecule has 2 aromatic rings. The Labute approximate surface area is 105 Å². The first kappa shape index (κ1) is 12.0. The lowest BCUT2D eigenvalue weighted by Gasteiger charge is -2.06. The Balaban J connectivity index is 2.02. The van der Waals surface area contributed by atoms with Gasteiger partial charge in [-0.15, -0.1) is 0 Å². The first-order chi connectivity index (χ1) is 8.66. The minimum Gasteiger partial charge on any atom is -0.399 e. The average molecular weight is 242 g/mol. The molecule has 0 aliphatic heterocycles. The molecule has 1 aromatic heterocycles. The van der Waals surface area contributed by atoms with Crippen LogP contribution < -0.4 is 11.1 Å². The average Bonchev–Trinajstić information content (AvgIpc) is 2.40. The summed E-state index contributed by atoms with van der Waals surface area (Å²) in [6.07, 6.45) is 1.59. The molecule has 1 aromatic carbocycles. The van der Waals surface area contributed by atoms with Crippen LogP contribution in [0.3, 0.4) is 0 Å². The largest absolute Gasteiger partial charge is 0.399 e. The van der Waals surface area contributed by atoms with E-state index in [1.54, 1.807) is 30.5 Å². The SMILES string of the molecule is Cc1cc(C(=O)NCc2cccnn2)ccc1N. The standard InChI is InChI=1S/C13H14N4O/c1-9-7-10(4-5-12(9)14)13(18)15-8-11-3-2-6-16-17-11/h2-7H,8,14H2,1H3,(H,15,18). The Morgan fingerprint density at radius 3 is 2.89 bits per heavy atom. The summed E-state index contributed by atoms with van der Waals surface area (Å²) in [7, 11) is 0. The molecule has 0 fully saturated rings. The van der Waals surface area contributed by atoms with E-state index in [1.807, 2.05) is 13.0 Å². The summed E-state index contributed by atoms with van der Waals surface area (Å²) >= 11 is 0. The number of hydrogen-bond donors (Lipinski definition) is 2. The fourth-order valence-electron chi connectivity index (χ4n) is 1.52. The summed E-state index contributed by atoms with van der Waals surface area (Å²) in [5, 5.41) is 10.4. The zero-order chi connectivity index (χ0) is 13.0. The summed E-state index contributed by atoms with van der Waals surface area (Å²) in [6, 6.07) is 8.78. The highest BCUT2D eigenvalue weighted by Crippen LogP contribution is 2.12. The van der Waals surface area contributed by atoms with E-state index in [0.717, 1.165) is 11.3 Å². The van der Waals surface area contributed by atoms with Crippen molar-refractivity contribution in [2.75, 3.05) is 5.73 Å². The van der Waals surface area contributed by atoms with Gasteiger partial charge < -0.3 is 11.1 Å². The molecule has 2 rings (SSSR count). The molecule has 92 valence electrons. The van der Waals surface area contributed by atoms with Gasteiger partial charge in [-0.25, -0.2) is 0 Å². The molecule has 18 heavy (non-hydrogen) atoms. The Morgan fingerprint density at radius 1 is 1.39 bits per heavy atom. The van der Waals surface area contributed by atoms with Gasteiger partial charge in [-0.1, -0.05) is 0 Å². The normalized spacial score (nSPS) is 10.1. The molecule has 1 amide bonds. The lowest BCUT2D eigenvalue weighted by molar-refractivity contribution is 0.0950. The second-order valence-electron chi connectivity index (χ2n) is 3.97. The molecule has 0 saturated carbocycles. The van der Waals surface area contributed by atoms with E-state index in [0.29, 0.717) is 17.8 Å². The third kappa shape index (κ3) is 2.82. The number of rotatable bonds is 3. The van der Waals surface area contributed by atoms with E-state index >= 15 is 0 Å². The second-order valence-corrected chi connectivity index (χ2v) is 3.97. The van der Waals surface area contributed by atoms with Gasteiger partial charge in [-0.3, -0.25) is 4.79 Å². The summed E-state index contributed by atoms with van der Waals surface area (Å²) in [5.41, 5.74) is 8.58. The Bertz CT molecular complexity index is 554. The lowest BCUT2D eigenvalue weighted by Crippen LogP contribution is -2.23. The zero-order valence-electron chi connectivity index (χ0n) is 10.1. The molecule has 0 saturated heterocycles. The number of carbonyl (C=O) groups excluding carboxylic acids is 1. The lowest BCUT2D eigenvalue weighted by atomic mass is 10.1. The number of amides is 1. The molecule has 5 nitrogen and oxygen atoms in total. The van der Waals surface area contributed by atoms with Crippen LogP contribution in [0.4, 0.5) is 5.69 Å². The topological polar surface area (TPSA) is 80.9 Å². The number of benzene rings is 1. The van der Waals surface area contributed by atoms with Crippen molar-refractivity contribution in [3.8, 4) is 0 Å². The van der Waals surface area contributed by atoms with Gasteiger partial charge in [-0.2, -0.15) is 10.2 Å². The second kappa shape index (κ2) is 5.27. The number of hydrogen-bond acceptors (Lipinski definition) is 4. The number of anilines is 1. The smallest absolute Gasteiger partial charge is 0.251 e. The summed E-state index contributed by atoms with van der Waals surface area (Å²) < 4.78 is 0. The van der Waals surface area contributed by atoms with Crippen molar-refractivity contribution in [3.63, 3.8) is 0 Å². The first-order valence-corrected chi connectivity index (χ1v) is 5.58. The van der Waals surface area contributed by atoms with Gasteiger partial charge in [0.2, 0.25) is 0 Å². The van der Waals surface area contributed by atoms with Gasteiger partial charge in [0.15, 0.2) is 0 Å². The molecule has 0 bridgehead atoms. The van der Waals surface area contributed by atoms with E-state index in [1.165, 1.54) is 0 Å². The number of aryl methyl sites for hydroxylation is 1. The van der Waals surface area contributed by atoms with Crippen LogP contribution >= 0.6 is 0 Å². The number of aromatic nitrogens is 2. The summed E-state index contributed by atoms with van der Waals surface area (Å²) in [4.78, 5) is 11.9. The fraction of sp³-hybridized carbons (Fsp3) is 0.154. The molecule has 0 aliphatic carbocycles. The third-order valence-corrected chi connectivity index (χ3v) is 2.59. The van der Waals surface area contributed by atoms with Crippen molar-refractivity contribution >= 4 is 11.6 Å². The van der Waals surface area contributed by atoms with Crippen molar-refractivity contribution in [1.29, 1.82) is 0 Å². The molecule has 0 unspecified atom stereocenters. The number of carbonyl (C=O) groups is 1. The first-order valence-electron chi connectivity index (χ1n) is 5.58. The van der Waals surface area contributed by atoms with Gasteiger partial charge in [0.25, 0.3) is 5.91 Å². The predicted octanol–water partition coefficient (Wildman–Crippen LogP) is 1.30. The van der Waals surface area contributed by atoms with Crippen molar-refractivity contribution in [1.82, 2.24) is 15.5 Å². The molecular weight excluding hydrogens is 228 g/mol. The summed E-state index contributed by atoms with van der Waals surface area (Å²) in [5.74, 6) is -0.149. The van der Waals surface area contributed by atoms with Crippen molar-refractivity contribution in [3.05, 3.63) is 53.3 Å². The quantitative estimate of drug-likeness (QED) is 0.795. The molecule has 0 atom stereocenters. The van der Waals surface area contributed by atoms with Gasteiger partial charge in [0, 0.05) is 17.4 Å². The maximum Gasteiger partial charge on any atom is 0.251 e. The highest BCUT2D eigenvalue weighted by molar-refractivity contribution is 5.94. The van der Waals surface area contributed by atoms with E-state index < -0.39 is 0 Å². The van der Waals surface area contributed by atoms with Crippen LogP contribution in [0.2, 0.25) is 0 Å². The number of nitrogens with one attached hydrogen (secondary N) is 1. The van der Waals surface area contributed by atoms with Crippen molar-refractivity contribution in [2.45, 2.75) is 13.5 Å². The van der Waals surface area contributed by atoms with E-state index in [-0.39, 0.29) is 5.91 Å². The number of nitrogens with two attached hydrogens (primary N) is 1. The third-order valence-electron chi connectivity index (χ3n) is 2.59. The van der Waals surface area contributed by atoms with Gasteiger partial charge in [0.1, 0.15) is 0 Å². The minimum absolute atomic E-state index is 0.149. The molecule has 0 aliphatic rings. The van der Waals surface area contributed by atoms with Crippen molar-refractivity contribution in [2.24, 2.45) is 0 Å². The molecule has 0 radical (unpaired) electrons. The number of nitrogens with zero attached hydrogens (tertiary/aromatic N) is 2. The van der Waals surface area contributed by atoms with Gasteiger partial charge in [-0.05, 0) is 42.8 Å². The van der Waals surface area contributed by atoms with Crippen LogP contribution in [-0.4, -0.2) is 16.1 Å². The van der Waals surface area contributed by atoms with Gasteiger partial charge >= 0.3 is 0 Å². The minimum atomic E-state index is -0.149. The van der Waals surface area contributed by atoms with Crippen LogP contribution in [0.1, 0.15) is 21.6 Å². The predicted molar refractivity (Wildman–Crippen MR) is 68.8 cm³/mol. The molecule has 0 spiro atoms.